The second-order valence-corrected chi connectivity index (χ2v) is 5.69. The van der Waals surface area contributed by atoms with E-state index in [9.17, 15) is 9.59 Å². The minimum atomic E-state index is -0.962. The van der Waals surface area contributed by atoms with E-state index < -0.39 is 5.38 Å². The molecule has 0 amide bonds. The minimum absolute atomic E-state index is 0.185. The highest BCUT2D eigenvalue weighted by Crippen LogP contribution is 2.23. The maximum Gasteiger partial charge on any atom is 0.209 e. The molecule has 1 aromatic rings. The van der Waals surface area contributed by atoms with Gasteiger partial charge in [0.05, 0.1) is 0 Å². The molecule has 0 bridgehead atoms. The number of nitrogens with zero attached hydrogens (tertiary/aromatic N) is 2. The summed E-state index contributed by atoms with van der Waals surface area (Å²) in [7, 11) is 0. The number of rotatable bonds is 6. The third-order valence-electron chi connectivity index (χ3n) is 3.95. The van der Waals surface area contributed by atoms with E-state index in [0.717, 1.165) is 26.1 Å². The van der Waals surface area contributed by atoms with Crippen molar-refractivity contribution >= 4 is 28.9 Å². The molecular weight excluding hydrogens is 300 g/mol. The monoisotopic (exact) mass is 320 g/mol. The zero-order valence-electron chi connectivity index (χ0n) is 13.0. The molecule has 1 aromatic carbocycles. The van der Waals surface area contributed by atoms with Crippen molar-refractivity contribution in [3.63, 3.8) is 0 Å². The second-order valence-electron chi connectivity index (χ2n) is 5.25. The Morgan fingerprint density at radius 2 is 1.77 bits per heavy atom. The summed E-state index contributed by atoms with van der Waals surface area (Å²) in [6.45, 7) is 7.66. The normalized spacial score (nSPS) is 19.8. The van der Waals surface area contributed by atoms with Gasteiger partial charge in [0.1, 0.15) is 11.1 Å². The molecule has 4 nitrogen and oxygen atoms in total. The van der Waals surface area contributed by atoms with E-state index in [1.54, 1.807) is 24.3 Å². The number of hydrogen-bond acceptors (Lipinski definition) is 4. The number of carbonyl (C=O) groups is 2. The molecule has 0 aliphatic heterocycles. The first-order valence-corrected chi connectivity index (χ1v) is 8.12. The lowest BCUT2D eigenvalue weighted by atomic mass is 9.88. The molecule has 5 heteroatoms. The smallest absolute Gasteiger partial charge is 0.209 e. The molecule has 0 saturated carbocycles. The van der Waals surface area contributed by atoms with Crippen LogP contribution < -0.4 is 0 Å². The Kier molecular flexibility index (Phi) is 5.86. The van der Waals surface area contributed by atoms with E-state index in [1.807, 2.05) is 0 Å². The lowest BCUT2D eigenvalue weighted by Crippen LogP contribution is -2.38. The third kappa shape index (κ3) is 3.45. The standard InChI is InChI=1S/C17H21ClN2O2/c1-3-20(4-2)11-7-10-19-15-14(18)16(21)12-8-5-6-9-13(12)17(15)22/h5-6,8-9,14H,3-4,7,10-11H2,1-2H3. The zero-order valence-corrected chi connectivity index (χ0v) is 13.8. The summed E-state index contributed by atoms with van der Waals surface area (Å²) in [6, 6.07) is 6.78. The highest BCUT2D eigenvalue weighted by Gasteiger charge is 2.36. The molecule has 22 heavy (non-hydrogen) atoms. The summed E-state index contributed by atoms with van der Waals surface area (Å²) in [6.07, 6.45) is 0.845. The van der Waals surface area contributed by atoms with E-state index in [-0.39, 0.29) is 17.3 Å². The van der Waals surface area contributed by atoms with Crippen LogP contribution in [0.1, 0.15) is 41.0 Å². The lowest BCUT2D eigenvalue weighted by Gasteiger charge is -2.20. The van der Waals surface area contributed by atoms with Crippen LogP contribution in [-0.2, 0) is 0 Å². The number of benzene rings is 1. The predicted octanol–water partition coefficient (Wildman–Crippen LogP) is 2.85. The van der Waals surface area contributed by atoms with Crippen LogP contribution in [0.3, 0.4) is 0 Å². The Morgan fingerprint density at radius 1 is 1.14 bits per heavy atom. The molecule has 1 atom stereocenters. The predicted molar refractivity (Wildman–Crippen MR) is 89.5 cm³/mol. The molecule has 1 aliphatic carbocycles. The number of alkyl halides is 1. The Balaban J connectivity index is 2.10. The third-order valence-corrected chi connectivity index (χ3v) is 4.35. The van der Waals surface area contributed by atoms with Crippen molar-refractivity contribution in [1.29, 1.82) is 0 Å². The summed E-state index contributed by atoms with van der Waals surface area (Å²) < 4.78 is 0. The van der Waals surface area contributed by atoms with Crippen molar-refractivity contribution in [1.82, 2.24) is 4.90 Å². The van der Waals surface area contributed by atoms with Gasteiger partial charge in [-0.05, 0) is 26.1 Å². The first-order chi connectivity index (χ1) is 10.6. The number of aliphatic imine (C=N–C) groups is 1. The van der Waals surface area contributed by atoms with Crippen molar-refractivity contribution < 1.29 is 9.59 Å². The molecular formula is C17H21ClN2O2. The Labute approximate surface area is 136 Å². The van der Waals surface area contributed by atoms with E-state index in [0.29, 0.717) is 17.7 Å². The number of hydrogen-bond donors (Lipinski definition) is 0. The first-order valence-electron chi connectivity index (χ1n) is 7.68. The van der Waals surface area contributed by atoms with Gasteiger partial charge >= 0.3 is 0 Å². The van der Waals surface area contributed by atoms with E-state index >= 15 is 0 Å². The van der Waals surface area contributed by atoms with Crippen LogP contribution in [0.2, 0.25) is 0 Å². The first kappa shape index (κ1) is 16.8. The van der Waals surface area contributed by atoms with Crippen LogP contribution in [0.15, 0.2) is 29.3 Å². The summed E-state index contributed by atoms with van der Waals surface area (Å²) >= 11 is 6.14. The van der Waals surface area contributed by atoms with Gasteiger partial charge in [0.25, 0.3) is 0 Å². The van der Waals surface area contributed by atoms with Crippen LogP contribution in [0.4, 0.5) is 0 Å². The van der Waals surface area contributed by atoms with Crippen LogP contribution in [-0.4, -0.2) is 53.7 Å². The van der Waals surface area contributed by atoms with E-state index in [2.05, 4.69) is 23.7 Å². The molecule has 2 rings (SSSR count). The van der Waals surface area contributed by atoms with Crippen molar-refractivity contribution in [2.45, 2.75) is 25.6 Å². The van der Waals surface area contributed by atoms with Crippen molar-refractivity contribution in [2.24, 2.45) is 4.99 Å². The van der Waals surface area contributed by atoms with E-state index in [4.69, 9.17) is 11.6 Å². The number of Topliss-reactive ketones (excluding diaryl/α,β-unsaturated/α-hetero) is 2. The van der Waals surface area contributed by atoms with Gasteiger partial charge in [-0.3, -0.25) is 14.6 Å². The quantitative estimate of drug-likeness (QED) is 0.598. The Bertz CT molecular complexity index is 594. The molecule has 1 aliphatic rings. The largest absolute Gasteiger partial charge is 0.304 e. The van der Waals surface area contributed by atoms with Crippen LogP contribution >= 0.6 is 11.6 Å². The fraction of sp³-hybridized carbons (Fsp3) is 0.471. The van der Waals surface area contributed by atoms with Gasteiger partial charge < -0.3 is 4.90 Å². The Hall–Kier alpha value is -1.52. The van der Waals surface area contributed by atoms with Crippen molar-refractivity contribution in [3.05, 3.63) is 35.4 Å². The summed E-state index contributed by atoms with van der Waals surface area (Å²) in [5.74, 6) is -0.461. The highest BCUT2D eigenvalue weighted by atomic mass is 35.5. The summed E-state index contributed by atoms with van der Waals surface area (Å²) in [5, 5.41) is -0.962. The minimum Gasteiger partial charge on any atom is -0.304 e. The van der Waals surface area contributed by atoms with Gasteiger partial charge in [0, 0.05) is 17.7 Å². The highest BCUT2D eigenvalue weighted by molar-refractivity contribution is 6.64. The maximum absolute atomic E-state index is 12.4. The number of ketones is 2. The topological polar surface area (TPSA) is 49.7 Å². The van der Waals surface area contributed by atoms with Gasteiger partial charge in [-0.15, -0.1) is 11.6 Å². The zero-order chi connectivity index (χ0) is 16.1. The SMILES string of the molecule is CCN(CC)CCCN=C1C(=O)c2ccccc2C(=O)C1Cl. The molecule has 0 radical (unpaired) electrons. The molecule has 0 fully saturated rings. The summed E-state index contributed by atoms with van der Waals surface area (Å²) in [5.41, 5.74) is 0.992. The average Bonchev–Trinajstić information content (AvgIpc) is 2.55. The molecule has 0 heterocycles. The van der Waals surface area contributed by atoms with Gasteiger partial charge in [0.2, 0.25) is 5.78 Å². The van der Waals surface area contributed by atoms with Crippen LogP contribution in [0, 0.1) is 0 Å². The van der Waals surface area contributed by atoms with Crippen LogP contribution in [0.25, 0.3) is 0 Å². The Morgan fingerprint density at radius 3 is 2.41 bits per heavy atom. The number of carbonyl (C=O) groups excluding carboxylic acids is 2. The maximum atomic E-state index is 12.4. The van der Waals surface area contributed by atoms with Crippen molar-refractivity contribution in [2.75, 3.05) is 26.2 Å². The summed E-state index contributed by atoms with van der Waals surface area (Å²) in [4.78, 5) is 31.3. The van der Waals surface area contributed by atoms with Crippen LogP contribution in [0.5, 0.6) is 0 Å². The van der Waals surface area contributed by atoms with Crippen molar-refractivity contribution in [3.8, 4) is 0 Å². The fourth-order valence-electron chi connectivity index (χ4n) is 2.60. The van der Waals surface area contributed by atoms with Gasteiger partial charge in [-0.1, -0.05) is 38.1 Å². The van der Waals surface area contributed by atoms with Gasteiger partial charge in [-0.2, -0.15) is 0 Å². The second kappa shape index (κ2) is 7.65. The number of fused-ring (bicyclic) bond motifs is 1. The lowest BCUT2D eigenvalue weighted by molar-refractivity contribution is 0.0967. The average molecular weight is 321 g/mol. The molecule has 118 valence electrons. The molecule has 0 spiro atoms. The van der Waals surface area contributed by atoms with E-state index in [1.165, 1.54) is 0 Å². The number of halogens is 1. The molecule has 1 unspecified atom stereocenters. The molecule has 0 N–H and O–H groups in total. The van der Waals surface area contributed by atoms with Gasteiger partial charge in [-0.25, -0.2) is 0 Å². The van der Waals surface area contributed by atoms with Gasteiger partial charge in [0.15, 0.2) is 5.78 Å². The fourth-order valence-corrected chi connectivity index (χ4v) is 2.88. The molecule has 0 saturated heterocycles. The molecule has 0 aromatic heterocycles.